The zero-order valence-corrected chi connectivity index (χ0v) is 11.3. The van der Waals surface area contributed by atoms with Crippen molar-refractivity contribution >= 4 is 5.91 Å². The number of carbonyl (C=O) groups excluding carboxylic acids is 1. The second-order valence-corrected chi connectivity index (χ2v) is 4.96. The summed E-state index contributed by atoms with van der Waals surface area (Å²) >= 11 is 0. The first-order valence-corrected chi connectivity index (χ1v) is 6.81. The van der Waals surface area contributed by atoms with E-state index in [9.17, 15) is 9.90 Å². The predicted molar refractivity (Wildman–Crippen MR) is 72.8 cm³/mol. The van der Waals surface area contributed by atoms with Crippen LogP contribution in [0.5, 0.6) is 0 Å². The van der Waals surface area contributed by atoms with Crippen LogP contribution in [0.4, 0.5) is 0 Å². The molecule has 1 atom stereocenters. The van der Waals surface area contributed by atoms with Crippen molar-refractivity contribution in [1.82, 2.24) is 5.32 Å². The Hall–Kier alpha value is -1.39. The lowest BCUT2D eigenvalue weighted by Gasteiger charge is -2.34. The van der Waals surface area contributed by atoms with Crippen LogP contribution >= 0.6 is 0 Å². The Kier molecular flexibility index (Phi) is 4.56. The van der Waals surface area contributed by atoms with Crippen molar-refractivity contribution in [2.45, 2.75) is 31.8 Å². The van der Waals surface area contributed by atoms with Gasteiger partial charge >= 0.3 is 0 Å². The second-order valence-electron chi connectivity index (χ2n) is 4.96. The van der Waals surface area contributed by atoms with Crippen LogP contribution in [0.2, 0.25) is 0 Å². The fourth-order valence-corrected chi connectivity index (χ4v) is 2.57. The predicted octanol–water partition coefficient (Wildman–Crippen LogP) is 1.36. The summed E-state index contributed by atoms with van der Waals surface area (Å²) in [6.45, 7) is 2.66. The van der Waals surface area contributed by atoms with Gasteiger partial charge in [0.2, 0.25) is 5.91 Å². The van der Waals surface area contributed by atoms with Gasteiger partial charge in [-0.25, -0.2) is 0 Å². The van der Waals surface area contributed by atoms with E-state index < -0.39 is 5.60 Å². The van der Waals surface area contributed by atoms with Gasteiger partial charge in [-0.1, -0.05) is 24.3 Å². The minimum Gasteiger partial charge on any atom is -0.383 e. The lowest BCUT2D eigenvalue weighted by molar-refractivity contribution is -0.127. The van der Waals surface area contributed by atoms with E-state index >= 15 is 0 Å². The SMILES string of the molecule is CCOCC(=O)NC[C@@]1(O)CCCc2ccccc21. The molecular formula is C15H21NO3. The third-order valence-electron chi connectivity index (χ3n) is 3.57. The topological polar surface area (TPSA) is 58.6 Å². The van der Waals surface area contributed by atoms with Crippen molar-refractivity contribution in [2.24, 2.45) is 0 Å². The molecule has 0 radical (unpaired) electrons. The Bertz CT molecular complexity index is 447. The molecule has 104 valence electrons. The highest BCUT2D eigenvalue weighted by molar-refractivity contribution is 5.77. The van der Waals surface area contributed by atoms with Crippen LogP contribution in [0.15, 0.2) is 24.3 Å². The van der Waals surface area contributed by atoms with Gasteiger partial charge in [0.15, 0.2) is 0 Å². The maximum Gasteiger partial charge on any atom is 0.246 e. The van der Waals surface area contributed by atoms with E-state index in [4.69, 9.17) is 4.74 Å². The molecule has 0 aromatic heterocycles. The summed E-state index contributed by atoms with van der Waals surface area (Å²) in [5, 5.41) is 13.5. The first-order chi connectivity index (χ1) is 9.15. The number of hydrogen-bond donors (Lipinski definition) is 2. The fraction of sp³-hybridized carbons (Fsp3) is 0.533. The monoisotopic (exact) mass is 263 g/mol. The average molecular weight is 263 g/mol. The van der Waals surface area contributed by atoms with E-state index in [1.54, 1.807) is 0 Å². The third-order valence-corrected chi connectivity index (χ3v) is 3.57. The molecule has 2 rings (SSSR count). The molecule has 1 aliphatic carbocycles. The molecule has 0 spiro atoms. The molecule has 1 aliphatic rings. The number of aliphatic hydroxyl groups is 1. The normalized spacial score (nSPS) is 21.8. The molecule has 1 amide bonds. The smallest absolute Gasteiger partial charge is 0.246 e. The first-order valence-electron chi connectivity index (χ1n) is 6.81. The first kappa shape index (κ1) is 14.0. The van der Waals surface area contributed by atoms with Gasteiger partial charge in [-0.15, -0.1) is 0 Å². The van der Waals surface area contributed by atoms with E-state index in [2.05, 4.69) is 5.32 Å². The van der Waals surface area contributed by atoms with Crippen LogP contribution < -0.4 is 5.32 Å². The van der Waals surface area contributed by atoms with Gasteiger partial charge in [0.25, 0.3) is 0 Å². The molecule has 2 N–H and O–H groups in total. The largest absolute Gasteiger partial charge is 0.383 e. The molecule has 4 nitrogen and oxygen atoms in total. The zero-order chi connectivity index (χ0) is 13.7. The van der Waals surface area contributed by atoms with Crippen LogP contribution in [0.25, 0.3) is 0 Å². The van der Waals surface area contributed by atoms with E-state index in [0.29, 0.717) is 13.0 Å². The van der Waals surface area contributed by atoms with Crippen molar-refractivity contribution in [2.75, 3.05) is 19.8 Å². The summed E-state index contributed by atoms with van der Waals surface area (Å²) in [6.07, 6.45) is 2.61. The molecule has 1 aromatic carbocycles. The van der Waals surface area contributed by atoms with Crippen molar-refractivity contribution in [3.63, 3.8) is 0 Å². The van der Waals surface area contributed by atoms with Crippen LogP contribution in [0.3, 0.4) is 0 Å². The summed E-state index contributed by atoms with van der Waals surface area (Å²) in [6, 6.07) is 7.90. The summed E-state index contributed by atoms with van der Waals surface area (Å²) in [5.41, 5.74) is 1.17. The summed E-state index contributed by atoms with van der Waals surface area (Å²) in [7, 11) is 0. The molecule has 4 heteroatoms. The van der Waals surface area contributed by atoms with Crippen LogP contribution in [-0.4, -0.2) is 30.8 Å². The number of fused-ring (bicyclic) bond motifs is 1. The van der Waals surface area contributed by atoms with E-state index in [1.807, 2.05) is 31.2 Å². The summed E-state index contributed by atoms with van der Waals surface area (Å²) in [5.74, 6) is -0.182. The van der Waals surface area contributed by atoms with Gasteiger partial charge in [0.05, 0.1) is 6.54 Å². The maximum atomic E-state index is 11.6. The highest BCUT2D eigenvalue weighted by atomic mass is 16.5. The van der Waals surface area contributed by atoms with Gasteiger partial charge in [0, 0.05) is 6.61 Å². The number of nitrogens with one attached hydrogen (secondary N) is 1. The zero-order valence-electron chi connectivity index (χ0n) is 11.3. The van der Waals surface area contributed by atoms with E-state index in [-0.39, 0.29) is 19.1 Å². The third kappa shape index (κ3) is 3.33. The molecule has 1 aromatic rings. The van der Waals surface area contributed by atoms with E-state index in [1.165, 1.54) is 5.56 Å². The van der Waals surface area contributed by atoms with Gasteiger partial charge in [-0.05, 0) is 37.3 Å². The Labute approximate surface area is 113 Å². The van der Waals surface area contributed by atoms with Crippen molar-refractivity contribution in [3.05, 3.63) is 35.4 Å². The number of ether oxygens (including phenoxy) is 1. The van der Waals surface area contributed by atoms with Crippen LogP contribution in [0, 0.1) is 0 Å². The number of rotatable bonds is 5. The Balaban J connectivity index is 2.01. The molecular weight excluding hydrogens is 242 g/mol. The number of benzene rings is 1. The number of aryl methyl sites for hydroxylation is 1. The van der Waals surface area contributed by atoms with Gasteiger partial charge < -0.3 is 15.2 Å². The van der Waals surface area contributed by atoms with Crippen LogP contribution in [-0.2, 0) is 21.6 Å². The van der Waals surface area contributed by atoms with Gasteiger partial charge in [-0.2, -0.15) is 0 Å². The van der Waals surface area contributed by atoms with Crippen LogP contribution in [0.1, 0.15) is 30.9 Å². The molecule has 0 saturated heterocycles. The highest BCUT2D eigenvalue weighted by Crippen LogP contribution is 2.34. The second kappa shape index (κ2) is 6.17. The standard InChI is InChI=1S/C15H21NO3/c1-2-19-10-14(17)16-11-15(18)9-5-7-12-6-3-4-8-13(12)15/h3-4,6,8,18H,2,5,7,9-11H2,1H3,(H,16,17)/t15-/m0/s1. The minimum atomic E-state index is -0.948. The lowest BCUT2D eigenvalue weighted by Crippen LogP contribution is -2.43. The number of amides is 1. The van der Waals surface area contributed by atoms with Gasteiger partial charge in [-0.3, -0.25) is 4.79 Å². The molecule has 0 bridgehead atoms. The molecule has 0 heterocycles. The van der Waals surface area contributed by atoms with E-state index in [0.717, 1.165) is 18.4 Å². The van der Waals surface area contributed by atoms with Gasteiger partial charge in [0.1, 0.15) is 12.2 Å². The van der Waals surface area contributed by atoms with Crippen molar-refractivity contribution < 1.29 is 14.6 Å². The summed E-state index contributed by atoms with van der Waals surface area (Å²) < 4.78 is 5.04. The maximum absolute atomic E-state index is 11.6. The molecule has 0 saturated carbocycles. The van der Waals surface area contributed by atoms with Crippen molar-refractivity contribution in [3.8, 4) is 0 Å². The quantitative estimate of drug-likeness (QED) is 0.843. The molecule has 0 fully saturated rings. The minimum absolute atomic E-state index is 0.0498. The average Bonchev–Trinajstić information content (AvgIpc) is 2.44. The Morgan fingerprint density at radius 3 is 3.05 bits per heavy atom. The summed E-state index contributed by atoms with van der Waals surface area (Å²) in [4.78, 5) is 11.6. The molecule has 0 unspecified atom stereocenters. The Morgan fingerprint density at radius 2 is 2.26 bits per heavy atom. The Morgan fingerprint density at radius 1 is 1.47 bits per heavy atom. The highest BCUT2D eigenvalue weighted by Gasteiger charge is 2.34. The number of hydrogen-bond acceptors (Lipinski definition) is 3. The molecule has 0 aliphatic heterocycles. The fourth-order valence-electron chi connectivity index (χ4n) is 2.57. The lowest BCUT2D eigenvalue weighted by atomic mass is 9.79. The van der Waals surface area contributed by atoms with Crippen molar-refractivity contribution in [1.29, 1.82) is 0 Å². The number of carbonyl (C=O) groups is 1. The molecule has 19 heavy (non-hydrogen) atoms.